The van der Waals surface area contributed by atoms with Crippen molar-refractivity contribution in [2.45, 2.75) is 31.3 Å². The number of carbonyl (C=O) groups is 5. The number of piperidine rings is 1. The van der Waals surface area contributed by atoms with Gasteiger partial charge in [0, 0.05) is 80.1 Å². The summed E-state index contributed by atoms with van der Waals surface area (Å²) in [4.78, 5) is 83.1. The van der Waals surface area contributed by atoms with E-state index in [-0.39, 0.29) is 35.9 Å². The van der Waals surface area contributed by atoms with Crippen LogP contribution < -0.4 is 15.5 Å². The number of imide groups is 2. The highest BCUT2D eigenvalue weighted by molar-refractivity contribution is 6.33. The topological polar surface area (TPSA) is 164 Å². The molecular formula is C35H34ClN9O5. The molecule has 0 radical (unpaired) electrons. The highest BCUT2D eigenvalue weighted by Crippen LogP contribution is 2.33. The standard InChI is InChI=1S/C35H34ClN9O5/c36-26-17-38-35(41-31(26)25-16-37-27-4-2-1-3-22(25)27)39-20-9-10-42(18-20)19-30(47)44-13-11-43(12-14-44)21-5-6-23-24(15-21)34(50)45(33(23)49)28-7-8-29(46)40-32(28)48/h1-6,15-17,20,28,37H,7-14,18-19H2,(H,38,39,41)(H,40,46,48). The third-order valence-corrected chi connectivity index (χ3v) is 10.3. The summed E-state index contributed by atoms with van der Waals surface area (Å²) < 4.78 is 0. The van der Waals surface area contributed by atoms with E-state index >= 15 is 0 Å². The molecule has 14 nitrogen and oxygen atoms in total. The zero-order valence-electron chi connectivity index (χ0n) is 27.0. The minimum Gasteiger partial charge on any atom is -0.368 e. The first-order valence-corrected chi connectivity index (χ1v) is 17.1. The van der Waals surface area contributed by atoms with Gasteiger partial charge in [0.2, 0.25) is 23.7 Å². The molecule has 4 aliphatic rings. The third kappa shape index (κ3) is 5.83. The molecule has 256 valence electrons. The Hall–Kier alpha value is -5.34. The quantitative estimate of drug-likeness (QED) is 0.245. The van der Waals surface area contributed by atoms with Crippen molar-refractivity contribution < 1.29 is 24.0 Å². The van der Waals surface area contributed by atoms with E-state index in [2.05, 4.69) is 30.4 Å². The van der Waals surface area contributed by atoms with E-state index in [9.17, 15) is 24.0 Å². The van der Waals surface area contributed by atoms with Gasteiger partial charge in [-0.2, -0.15) is 0 Å². The van der Waals surface area contributed by atoms with Gasteiger partial charge in [0.25, 0.3) is 11.8 Å². The number of benzene rings is 2. The first kappa shape index (κ1) is 31.9. The van der Waals surface area contributed by atoms with Crippen molar-refractivity contribution in [1.82, 2.24) is 35.0 Å². The number of nitrogens with one attached hydrogen (secondary N) is 3. The van der Waals surface area contributed by atoms with Crippen LogP contribution in [0.25, 0.3) is 22.2 Å². The molecule has 4 aromatic rings. The third-order valence-electron chi connectivity index (χ3n) is 9.97. The number of likely N-dealkylation sites (tertiary alicyclic amines) is 1. The Morgan fingerprint density at radius 3 is 2.56 bits per heavy atom. The number of nitrogens with zero attached hydrogens (tertiary/aromatic N) is 6. The summed E-state index contributed by atoms with van der Waals surface area (Å²) in [5, 5.41) is 7.14. The SMILES string of the molecule is O=C1CCC(N2C(=O)c3ccc(N4CCN(C(=O)CN5CCC(Nc6ncc(Cl)c(-c7c[nH]c8ccccc78)n6)C5)CC4)cc3C2=O)C(=O)N1. The van der Waals surface area contributed by atoms with Crippen LogP contribution in [0, 0.1) is 0 Å². The minimum atomic E-state index is -1.01. The van der Waals surface area contributed by atoms with E-state index in [1.165, 1.54) is 0 Å². The molecule has 8 rings (SSSR count). The van der Waals surface area contributed by atoms with Gasteiger partial charge >= 0.3 is 0 Å². The number of carbonyl (C=O) groups excluding carboxylic acids is 5. The Kier molecular flexibility index (Phi) is 8.19. The number of anilines is 2. The lowest BCUT2D eigenvalue weighted by Crippen LogP contribution is -2.54. The smallest absolute Gasteiger partial charge is 0.262 e. The number of rotatable bonds is 7. The Balaban J connectivity index is 0.844. The molecule has 5 amide bonds. The maximum atomic E-state index is 13.3. The maximum absolute atomic E-state index is 13.3. The minimum absolute atomic E-state index is 0.0595. The van der Waals surface area contributed by atoms with Gasteiger partial charge in [-0.25, -0.2) is 9.97 Å². The largest absolute Gasteiger partial charge is 0.368 e. The monoisotopic (exact) mass is 695 g/mol. The second kappa shape index (κ2) is 12.8. The van der Waals surface area contributed by atoms with Gasteiger partial charge in [0.15, 0.2) is 0 Å². The lowest BCUT2D eigenvalue weighted by Gasteiger charge is -2.37. The van der Waals surface area contributed by atoms with Gasteiger partial charge in [-0.1, -0.05) is 29.8 Å². The van der Waals surface area contributed by atoms with Gasteiger partial charge < -0.3 is 20.1 Å². The fraction of sp³-hybridized carbons (Fsp3) is 0.343. The van der Waals surface area contributed by atoms with Crippen molar-refractivity contribution in [1.29, 1.82) is 0 Å². The van der Waals surface area contributed by atoms with Crippen LogP contribution >= 0.6 is 11.6 Å². The number of aromatic amines is 1. The first-order chi connectivity index (χ1) is 24.2. The number of hydrogen-bond acceptors (Lipinski definition) is 10. The summed E-state index contributed by atoms with van der Waals surface area (Å²) in [6.07, 6.45) is 4.53. The van der Waals surface area contributed by atoms with Gasteiger partial charge in [0.1, 0.15) is 6.04 Å². The summed E-state index contributed by atoms with van der Waals surface area (Å²) in [5.74, 6) is -1.56. The van der Waals surface area contributed by atoms with Gasteiger partial charge in [0.05, 0.1) is 34.6 Å². The second-order valence-electron chi connectivity index (χ2n) is 13.0. The number of H-pyrrole nitrogens is 1. The number of amides is 5. The average Bonchev–Trinajstić information content (AvgIpc) is 3.82. The summed E-state index contributed by atoms with van der Waals surface area (Å²) >= 11 is 6.51. The van der Waals surface area contributed by atoms with Crippen LogP contribution in [0.3, 0.4) is 0 Å². The Labute approximate surface area is 291 Å². The molecule has 6 heterocycles. The predicted molar refractivity (Wildman–Crippen MR) is 185 cm³/mol. The Bertz CT molecular complexity index is 2060. The second-order valence-corrected chi connectivity index (χ2v) is 13.5. The number of halogens is 1. The van der Waals surface area contributed by atoms with Crippen molar-refractivity contribution in [3.8, 4) is 11.3 Å². The van der Waals surface area contributed by atoms with Crippen molar-refractivity contribution >= 4 is 63.7 Å². The van der Waals surface area contributed by atoms with Crippen LogP contribution in [-0.4, -0.2) is 117 Å². The van der Waals surface area contributed by atoms with Crippen LogP contribution in [0.2, 0.25) is 5.02 Å². The van der Waals surface area contributed by atoms with E-state index in [0.717, 1.165) is 40.0 Å². The van der Waals surface area contributed by atoms with Gasteiger partial charge in [-0.15, -0.1) is 0 Å². The predicted octanol–water partition coefficient (Wildman–Crippen LogP) is 2.51. The molecule has 2 aromatic heterocycles. The molecule has 50 heavy (non-hydrogen) atoms. The number of aromatic nitrogens is 3. The summed E-state index contributed by atoms with van der Waals surface area (Å²) in [5.41, 5.74) is 3.82. The maximum Gasteiger partial charge on any atom is 0.262 e. The van der Waals surface area contributed by atoms with E-state index in [1.807, 2.05) is 35.4 Å². The molecular weight excluding hydrogens is 662 g/mol. The molecule has 2 atom stereocenters. The van der Waals surface area contributed by atoms with Crippen molar-refractivity contribution in [3.63, 3.8) is 0 Å². The number of piperazine rings is 1. The van der Waals surface area contributed by atoms with E-state index in [1.54, 1.807) is 24.4 Å². The first-order valence-electron chi connectivity index (χ1n) is 16.7. The van der Waals surface area contributed by atoms with Crippen LogP contribution in [0.4, 0.5) is 11.6 Å². The molecule has 0 spiro atoms. The zero-order chi connectivity index (χ0) is 34.5. The number of para-hydroxylation sites is 1. The van der Waals surface area contributed by atoms with Crippen LogP contribution in [0.5, 0.6) is 0 Å². The number of fused-ring (bicyclic) bond motifs is 2. The van der Waals surface area contributed by atoms with Crippen LogP contribution in [-0.2, 0) is 14.4 Å². The number of hydrogen-bond donors (Lipinski definition) is 3. The van der Waals surface area contributed by atoms with Crippen LogP contribution in [0.15, 0.2) is 54.9 Å². The van der Waals surface area contributed by atoms with Gasteiger partial charge in [-0.05, 0) is 37.1 Å². The van der Waals surface area contributed by atoms with E-state index < -0.39 is 29.7 Å². The van der Waals surface area contributed by atoms with Gasteiger partial charge in [-0.3, -0.25) is 39.1 Å². The molecule has 3 N–H and O–H groups in total. The summed E-state index contributed by atoms with van der Waals surface area (Å²) in [6, 6.07) is 12.1. The molecule has 3 fully saturated rings. The van der Waals surface area contributed by atoms with Crippen molar-refractivity contribution in [2.75, 3.05) is 56.0 Å². The fourth-order valence-electron chi connectivity index (χ4n) is 7.33. The molecule has 0 bridgehead atoms. The van der Waals surface area contributed by atoms with E-state index in [4.69, 9.17) is 16.6 Å². The average molecular weight is 696 g/mol. The summed E-state index contributed by atoms with van der Waals surface area (Å²) in [7, 11) is 0. The lowest BCUT2D eigenvalue weighted by molar-refractivity contribution is -0.136. The summed E-state index contributed by atoms with van der Waals surface area (Å²) in [6.45, 7) is 3.94. The highest BCUT2D eigenvalue weighted by atomic mass is 35.5. The zero-order valence-corrected chi connectivity index (χ0v) is 27.8. The molecule has 0 aliphatic carbocycles. The molecule has 4 aliphatic heterocycles. The van der Waals surface area contributed by atoms with Crippen molar-refractivity contribution in [3.05, 3.63) is 71.0 Å². The Morgan fingerprint density at radius 1 is 0.940 bits per heavy atom. The molecule has 3 saturated heterocycles. The highest BCUT2D eigenvalue weighted by Gasteiger charge is 2.45. The van der Waals surface area contributed by atoms with E-state index in [0.29, 0.717) is 55.9 Å². The lowest BCUT2D eigenvalue weighted by atomic mass is 10.0. The van der Waals surface area contributed by atoms with Crippen LogP contribution in [0.1, 0.15) is 40.0 Å². The molecule has 2 aromatic carbocycles. The van der Waals surface area contributed by atoms with Crippen molar-refractivity contribution in [2.24, 2.45) is 0 Å². The normalized spacial score (nSPS) is 21.3. The molecule has 15 heteroatoms. The fourth-order valence-corrected chi connectivity index (χ4v) is 7.52. The molecule has 2 unspecified atom stereocenters. The Morgan fingerprint density at radius 2 is 1.74 bits per heavy atom. The molecule has 0 saturated carbocycles.